The van der Waals surface area contributed by atoms with Crippen LogP contribution in [0, 0.1) is 0 Å². The summed E-state index contributed by atoms with van der Waals surface area (Å²) in [6.45, 7) is 0. The Labute approximate surface area is 59.2 Å². The Morgan fingerprint density at radius 2 is 1.80 bits per heavy atom. The molecule has 0 aliphatic carbocycles. The Balaban J connectivity index is 3.43. The highest BCUT2D eigenvalue weighted by Gasteiger charge is 2.26. The van der Waals surface area contributed by atoms with Gasteiger partial charge >= 0.3 is 25.5 Å². The molecule has 2 unspecified atom stereocenters. The first kappa shape index (κ1) is 10.7. The van der Waals surface area contributed by atoms with Crippen molar-refractivity contribution in [1.29, 1.82) is 0 Å². The van der Waals surface area contributed by atoms with Gasteiger partial charge in [-0.3, -0.25) is 0 Å². The summed E-state index contributed by atoms with van der Waals surface area (Å²) in [5.41, 5.74) is 0. The van der Waals surface area contributed by atoms with E-state index in [1.54, 1.807) is 0 Å². The smallest absolute Gasteiger partial charge is 0.328 e. The van der Waals surface area contributed by atoms with E-state index in [1.165, 1.54) is 0 Å². The van der Waals surface area contributed by atoms with Crippen LogP contribution in [0.15, 0.2) is 0 Å². The summed E-state index contributed by atoms with van der Waals surface area (Å²) < 4.78 is 17.2. The number of hydrogen-bond acceptors (Lipinski definition) is 6. The van der Waals surface area contributed by atoms with Gasteiger partial charge in [-0.2, -0.15) is 0 Å². The molecule has 0 rings (SSSR count). The molecular weight excluding hydrogens is 205 g/mol. The van der Waals surface area contributed by atoms with E-state index in [9.17, 15) is 4.57 Å². The van der Waals surface area contributed by atoms with Crippen molar-refractivity contribution in [1.82, 2.24) is 0 Å². The van der Waals surface area contributed by atoms with Gasteiger partial charge < -0.3 is 14.7 Å². The monoisotopic (exact) mass is 209 g/mol. The van der Waals surface area contributed by atoms with Gasteiger partial charge in [0.05, 0.1) is 0 Å². The average molecular weight is 209 g/mol. The van der Waals surface area contributed by atoms with Crippen molar-refractivity contribution in [3.05, 3.63) is 0 Å². The predicted octanol–water partition coefficient (Wildman–Crippen LogP) is 0.1000. The minimum atomic E-state index is -2.98. The Morgan fingerprint density at radius 1 is 1.30 bits per heavy atom. The van der Waals surface area contributed by atoms with Gasteiger partial charge in [-0.25, -0.2) is 4.31 Å². The SMILES string of the molecule is O=[P+](O)OP(O)OP(O)O. The molecule has 60 valence electrons. The summed E-state index contributed by atoms with van der Waals surface area (Å²) in [6.07, 6.45) is 0. The Hall–Kier alpha value is 0.720. The third kappa shape index (κ3) is 6.83. The lowest BCUT2D eigenvalue weighted by Gasteiger charge is -2.00. The molecule has 4 N–H and O–H groups in total. The van der Waals surface area contributed by atoms with E-state index in [0.29, 0.717) is 0 Å². The fourth-order valence-corrected chi connectivity index (χ4v) is 1.50. The van der Waals surface area contributed by atoms with Gasteiger partial charge in [0.15, 0.2) is 0 Å². The highest BCUT2D eigenvalue weighted by molar-refractivity contribution is 7.58. The number of hydrogen-bond donors (Lipinski definition) is 4. The second-order valence-corrected chi connectivity index (χ2v) is 3.65. The molecule has 0 amide bonds. The molecule has 0 aromatic rings. The lowest BCUT2D eigenvalue weighted by atomic mass is 15.7. The van der Waals surface area contributed by atoms with Crippen LogP contribution < -0.4 is 0 Å². The molecule has 0 aliphatic rings. The van der Waals surface area contributed by atoms with Gasteiger partial charge in [0.25, 0.3) is 0 Å². The Morgan fingerprint density at radius 3 is 2.10 bits per heavy atom. The molecule has 7 nitrogen and oxygen atoms in total. The first-order valence-electron chi connectivity index (χ1n) is 1.71. The summed E-state index contributed by atoms with van der Waals surface area (Å²) in [4.78, 5) is 32.4. The van der Waals surface area contributed by atoms with E-state index in [1.807, 2.05) is 0 Å². The maximum Gasteiger partial charge on any atom is 0.702 e. The van der Waals surface area contributed by atoms with Gasteiger partial charge in [0.2, 0.25) is 0 Å². The van der Waals surface area contributed by atoms with Gasteiger partial charge in [0.1, 0.15) is 0 Å². The Kier molecular flexibility index (Phi) is 5.77. The zero-order valence-electron chi connectivity index (χ0n) is 4.36. The van der Waals surface area contributed by atoms with Crippen molar-refractivity contribution in [2.45, 2.75) is 0 Å². The minimum absolute atomic E-state index is 2.66. The minimum Gasteiger partial charge on any atom is -0.328 e. The van der Waals surface area contributed by atoms with Crippen molar-refractivity contribution < 1.29 is 32.8 Å². The third-order valence-electron chi connectivity index (χ3n) is 0.283. The molecule has 0 saturated carbocycles. The first-order valence-corrected chi connectivity index (χ1v) is 5.14. The summed E-state index contributed by atoms with van der Waals surface area (Å²) in [5, 5.41) is 0. The van der Waals surface area contributed by atoms with Crippen LogP contribution in [0.4, 0.5) is 0 Å². The first-order chi connectivity index (χ1) is 4.52. The fourth-order valence-electron chi connectivity index (χ4n) is 0.137. The van der Waals surface area contributed by atoms with Gasteiger partial charge in [-0.1, -0.05) is 0 Å². The highest BCUT2D eigenvalue weighted by Crippen LogP contribution is 2.50. The molecule has 10 heteroatoms. The molecule has 2 atom stereocenters. The van der Waals surface area contributed by atoms with Crippen LogP contribution in [0.25, 0.3) is 0 Å². The average Bonchev–Trinajstić information content (AvgIpc) is 1.58. The van der Waals surface area contributed by atoms with Gasteiger partial charge in [-0.05, 0) is 4.31 Å². The zero-order valence-corrected chi connectivity index (χ0v) is 7.04. The summed E-state index contributed by atoms with van der Waals surface area (Å²) in [5.74, 6) is 0. The molecule has 10 heavy (non-hydrogen) atoms. The molecule has 0 saturated heterocycles. The normalized spacial score (nSPS) is 15.5. The van der Waals surface area contributed by atoms with E-state index >= 15 is 0 Å². The molecule has 0 aromatic heterocycles. The van der Waals surface area contributed by atoms with Gasteiger partial charge in [-0.15, -0.1) is 4.89 Å². The molecule has 0 aromatic carbocycles. The van der Waals surface area contributed by atoms with E-state index in [0.717, 1.165) is 0 Å². The lowest BCUT2D eigenvalue weighted by Crippen LogP contribution is -1.78. The maximum absolute atomic E-state index is 9.74. The van der Waals surface area contributed by atoms with E-state index < -0.39 is 25.5 Å². The largest absolute Gasteiger partial charge is 0.702 e. The van der Waals surface area contributed by atoms with Crippen LogP contribution in [-0.2, 0) is 13.2 Å². The molecule has 0 spiro atoms. The van der Waals surface area contributed by atoms with Crippen molar-refractivity contribution in [2.75, 3.05) is 0 Å². The molecule has 0 heterocycles. The quantitative estimate of drug-likeness (QED) is 0.485. The van der Waals surface area contributed by atoms with Crippen molar-refractivity contribution in [2.24, 2.45) is 0 Å². The molecule has 0 fully saturated rings. The summed E-state index contributed by atoms with van der Waals surface area (Å²) >= 11 is 0. The molecule has 0 radical (unpaired) electrons. The Bertz CT molecular complexity index is 109. The van der Waals surface area contributed by atoms with Crippen molar-refractivity contribution in [3.63, 3.8) is 0 Å². The highest BCUT2D eigenvalue weighted by atomic mass is 31.3. The van der Waals surface area contributed by atoms with E-state index in [2.05, 4.69) is 8.62 Å². The van der Waals surface area contributed by atoms with Crippen LogP contribution >= 0.6 is 25.5 Å². The second kappa shape index (κ2) is 5.38. The number of rotatable bonds is 4. The van der Waals surface area contributed by atoms with Crippen LogP contribution in [0.5, 0.6) is 0 Å². The predicted molar refractivity (Wildman–Crippen MR) is 32.5 cm³/mol. The van der Waals surface area contributed by atoms with Crippen LogP contribution in [0.3, 0.4) is 0 Å². The van der Waals surface area contributed by atoms with Crippen LogP contribution in [0.1, 0.15) is 0 Å². The molecular formula is H4O7P3+. The summed E-state index contributed by atoms with van der Waals surface area (Å²) in [7, 11) is -8.40. The standard InChI is InChI=1S/H3O7P3/c1-8(2)6-10(5)7-9(3)4/h1-2,5H/p+1. The topological polar surface area (TPSA) is 116 Å². The van der Waals surface area contributed by atoms with Gasteiger partial charge in [0, 0.05) is 4.57 Å². The second-order valence-electron chi connectivity index (χ2n) is 0.892. The van der Waals surface area contributed by atoms with Crippen molar-refractivity contribution in [3.8, 4) is 0 Å². The zero-order chi connectivity index (χ0) is 8.15. The van der Waals surface area contributed by atoms with E-state index in [-0.39, 0.29) is 0 Å². The van der Waals surface area contributed by atoms with Crippen LogP contribution in [-0.4, -0.2) is 19.6 Å². The lowest BCUT2D eigenvalue weighted by molar-refractivity contribution is 0.318. The molecule has 0 aliphatic heterocycles. The third-order valence-corrected chi connectivity index (χ3v) is 2.54. The maximum atomic E-state index is 9.74. The van der Waals surface area contributed by atoms with Crippen LogP contribution in [0.2, 0.25) is 0 Å². The molecule has 0 bridgehead atoms. The van der Waals surface area contributed by atoms with Crippen molar-refractivity contribution >= 4 is 25.5 Å². The fraction of sp³-hybridized carbons (Fsp3) is 0. The van der Waals surface area contributed by atoms with E-state index in [4.69, 9.17) is 19.6 Å². The summed E-state index contributed by atoms with van der Waals surface area (Å²) in [6, 6.07) is 0.